The minimum absolute atomic E-state index is 0.0174. The van der Waals surface area contributed by atoms with E-state index >= 15 is 0 Å². The minimum atomic E-state index is -0.767. The summed E-state index contributed by atoms with van der Waals surface area (Å²) in [5.41, 5.74) is 0. The number of nitrogens with zero attached hydrogens (tertiary/aromatic N) is 3. The summed E-state index contributed by atoms with van der Waals surface area (Å²) in [6, 6.07) is -1.28. The maximum absolute atomic E-state index is 14.7. The van der Waals surface area contributed by atoms with Crippen LogP contribution in [-0.4, -0.2) is 119 Å². The number of amides is 2. The summed E-state index contributed by atoms with van der Waals surface area (Å²) >= 11 is 1.64. The Kier molecular flexibility index (Phi) is 10.4. The number of esters is 1. The number of hydrogen-bond acceptors (Lipinski definition) is 8. The van der Waals surface area contributed by atoms with Crippen LogP contribution in [0.3, 0.4) is 0 Å². The Morgan fingerprint density at radius 3 is 2.65 bits per heavy atom. The van der Waals surface area contributed by atoms with Crippen molar-refractivity contribution in [2.45, 2.75) is 62.1 Å². The SMILES string of the molecule is C=CCCOC(=O)[C@@H]1[C@@H]2CC(C)C3(S2)C(C(=O)N(CC=C)CCN2CCOCC2)N([C@@H](CO)[C@@H](C)CC)C(=O)[C@H]13. The van der Waals surface area contributed by atoms with E-state index < -0.39 is 28.7 Å². The number of aliphatic hydroxyl groups is 1. The van der Waals surface area contributed by atoms with Crippen molar-refractivity contribution in [3.63, 3.8) is 0 Å². The van der Waals surface area contributed by atoms with Gasteiger partial charge < -0.3 is 24.4 Å². The molecule has 9 nitrogen and oxygen atoms in total. The standard InChI is InChI=1S/C30H47N3O6S/c1-6-9-15-39-29(37)24-23-18-21(5)30(40-23)25(24)27(35)33(22(19-34)20(4)8-3)26(30)28(36)32(10-7-2)12-11-31-13-16-38-17-14-31/h6-7,20-26,34H,1-2,8-19H2,3-5H3/t20-,21?,22-,23-,24+,25-,26?,30?/m0/s1. The van der Waals surface area contributed by atoms with Gasteiger partial charge in [-0.05, 0) is 24.7 Å². The molecule has 1 spiro atoms. The van der Waals surface area contributed by atoms with Gasteiger partial charge in [0.2, 0.25) is 11.8 Å². The first-order valence-electron chi connectivity index (χ1n) is 14.8. The highest BCUT2D eigenvalue weighted by Gasteiger charge is 2.77. The molecule has 0 aromatic carbocycles. The normalized spacial score (nSPS) is 33.0. The molecule has 4 rings (SSSR count). The molecule has 2 bridgehead atoms. The Balaban J connectivity index is 1.71. The van der Waals surface area contributed by atoms with Crippen molar-refractivity contribution < 1.29 is 29.0 Å². The molecule has 3 unspecified atom stereocenters. The van der Waals surface area contributed by atoms with Gasteiger partial charge in [0.15, 0.2) is 0 Å². The fraction of sp³-hybridized carbons (Fsp3) is 0.767. The number of aliphatic hydroxyl groups excluding tert-OH is 1. The van der Waals surface area contributed by atoms with Crippen LogP contribution < -0.4 is 0 Å². The topological polar surface area (TPSA) is 99.6 Å². The smallest absolute Gasteiger partial charge is 0.310 e. The number of morpholine rings is 1. The molecule has 0 saturated carbocycles. The van der Waals surface area contributed by atoms with Gasteiger partial charge in [0.1, 0.15) is 6.04 Å². The van der Waals surface area contributed by atoms with Gasteiger partial charge in [-0.25, -0.2) is 0 Å². The summed E-state index contributed by atoms with van der Waals surface area (Å²) < 4.78 is 10.3. The summed E-state index contributed by atoms with van der Waals surface area (Å²) in [4.78, 5) is 48.3. The molecule has 4 aliphatic heterocycles. The van der Waals surface area contributed by atoms with Crippen molar-refractivity contribution in [2.75, 3.05) is 59.2 Å². The van der Waals surface area contributed by atoms with Gasteiger partial charge >= 0.3 is 5.97 Å². The van der Waals surface area contributed by atoms with E-state index in [2.05, 4.69) is 25.0 Å². The van der Waals surface area contributed by atoms with E-state index in [4.69, 9.17) is 9.47 Å². The molecule has 8 atom stereocenters. The maximum atomic E-state index is 14.7. The van der Waals surface area contributed by atoms with Crippen LogP contribution in [0.1, 0.15) is 40.0 Å². The maximum Gasteiger partial charge on any atom is 0.310 e. The fourth-order valence-electron chi connectivity index (χ4n) is 7.23. The van der Waals surface area contributed by atoms with Gasteiger partial charge in [-0.3, -0.25) is 19.3 Å². The average Bonchev–Trinajstić information content (AvgIpc) is 3.55. The van der Waals surface area contributed by atoms with Crippen LogP contribution in [0.2, 0.25) is 0 Å². The van der Waals surface area contributed by atoms with Crippen LogP contribution in [-0.2, 0) is 23.9 Å². The zero-order valence-electron chi connectivity index (χ0n) is 24.3. The van der Waals surface area contributed by atoms with Crippen LogP contribution >= 0.6 is 11.8 Å². The molecule has 10 heteroatoms. The van der Waals surface area contributed by atoms with E-state index in [0.29, 0.717) is 39.3 Å². The Morgan fingerprint density at radius 2 is 2.02 bits per heavy atom. The second kappa shape index (κ2) is 13.4. The molecule has 224 valence electrons. The van der Waals surface area contributed by atoms with Crippen LogP contribution in [0.15, 0.2) is 25.3 Å². The molecule has 4 aliphatic rings. The van der Waals surface area contributed by atoms with E-state index in [-0.39, 0.29) is 48.1 Å². The molecule has 0 aromatic rings. The quantitative estimate of drug-likeness (QED) is 0.191. The summed E-state index contributed by atoms with van der Waals surface area (Å²) in [5, 5.41) is 10.5. The van der Waals surface area contributed by atoms with E-state index in [9.17, 15) is 19.5 Å². The van der Waals surface area contributed by atoms with Crippen molar-refractivity contribution in [2.24, 2.45) is 23.7 Å². The molecule has 40 heavy (non-hydrogen) atoms. The monoisotopic (exact) mass is 577 g/mol. The zero-order valence-corrected chi connectivity index (χ0v) is 25.2. The Morgan fingerprint density at radius 1 is 1.30 bits per heavy atom. The second-order valence-electron chi connectivity index (χ2n) is 11.7. The minimum Gasteiger partial charge on any atom is -0.465 e. The lowest BCUT2D eigenvalue weighted by Crippen LogP contribution is -2.60. The third-order valence-electron chi connectivity index (χ3n) is 9.55. The number of fused-ring (bicyclic) bond motifs is 1. The summed E-state index contributed by atoms with van der Waals surface area (Å²) in [6.45, 7) is 18.3. The van der Waals surface area contributed by atoms with Crippen molar-refractivity contribution in [3.05, 3.63) is 25.3 Å². The second-order valence-corrected chi connectivity index (χ2v) is 13.3. The van der Waals surface area contributed by atoms with Crippen molar-refractivity contribution in [3.8, 4) is 0 Å². The molecule has 4 heterocycles. The lowest BCUT2D eigenvalue weighted by Gasteiger charge is -2.43. The summed E-state index contributed by atoms with van der Waals surface area (Å²) in [7, 11) is 0. The van der Waals surface area contributed by atoms with Gasteiger partial charge in [0, 0.05) is 38.0 Å². The Bertz CT molecular complexity index is 958. The van der Waals surface area contributed by atoms with Crippen LogP contribution in [0.5, 0.6) is 0 Å². The van der Waals surface area contributed by atoms with Gasteiger partial charge in [0.05, 0.1) is 49.1 Å². The molecule has 0 aliphatic carbocycles. The first-order chi connectivity index (χ1) is 19.3. The lowest BCUT2D eigenvalue weighted by atomic mass is 9.66. The predicted octanol–water partition coefficient (Wildman–Crippen LogP) is 2.20. The molecule has 1 N–H and O–H groups in total. The number of hydrogen-bond donors (Lipinski definition) is 1. The Hall–Kier alpha value is -1.88. The number of rotatable bonds is 14. The van der Waals surface area contributed by atoms with Crippen molar-refractivity contribution >= 4 is 29.5 Å². The van der Waals surface area contributed by atoms with Crippen LogP contribution in [0.4, 0.5) is 0 Å². The summed E-state index contributed by atoms with van der Waals surface area (Å²) in [5.74, 6) is -1.90. The van der Waals surface area contributed by atoms with E-state index in [1.165, 1.54) is 0 Å². The zero-order chi connectivity index (χ0) is 29.0. The van der Waals surface area contributed by atoms with Crippen LogP contribution in [0, 0.1) is 23.7 Å². The van der Waals surface area contributed by atoms with Gasteiger partial charge in [-0.2, -0.15) is 0 Å². The highest BCUT2D eigenvalue weighted by atomic mass is 32.2. The molecule has 0 radical (unpaired) electrons. The third-order valence-corrected chi connectivity index (χ3v) is 11.6. The fourth-order valence-corrected chi connectivity index (χ4v) is 9.62. The molecular formula is C30H47N3O6S. The van der Waals surface area contributed by atoms with Gasteiger partial charge in [-0.15, -0.1) is 24.9 Å². The number of ether oxygens (including phenoxy) is 2. The van der Waals surface area contributed by atoms with Crippen molar-refractivity contribution in [1.82, 2.24) is 14.7 Å². The third kappa shape index (κ3) is 5.49. The van der Waals surface area contributed by atoms with Gasteiger partial charge in [-0.1, -0.05) is 39.3 Å². The molecular weight excluding hydrogens is 530 g/mol. The molecule has 0 aromatic heterocycles. The first-order valence-corrected chi connectivity index (χ1v) is 15.7. The molecule has 4 fully saturated rings. The van der Waals surface area contributed by atoms with E-state index in [0.717, 1.165) is 25.9 Å². The average molecular weight is 578 g/mol. The van der Waals surface area contributed by atoms with E-state index in [1.54, 1.807) is 28.8 Å². The highest BCUT2D eigenvalue weighted by Crippen LogP contribution is 2.69. The summed E-state index contributed by atoms with van der Waals surface area (Å²) in [6.07, 6.45) is 5.47. The first kappa shape index (κ1) is 31.1. The predicted molar refractivity (Wildman–Crippen MR) is 156 cm³/mol. The molecule has 2 amide bonds. The number of likely N-dealkylation sites (tertiary alicyclic amines) is 1. The molecule has 4 saturated heterocycles. The lowest BCUT2D eigenvalue weighted by molar-refractivity contribution is -0.155. The van der Waals surface area contributed by atoms with Crippen molar-refractivity contribution in [1.29, 1.82) is 0 Å². The van der Waals surface area contributed by atoms with Crippen LogP contribution in [0.25, 0.3) is 0 Å². The van der Waals surface area contributed by atoms with E-state index in [1.807, 2.05) is 18.7 Å². The largest absolute Gasteiger partial charge is 0.465 e. The number of carbonyl (C=O) groups is 3. The number of carbonyl (C=O) groups excluding carboxylic acids is 3. The highest BCUT2D eigenvalue weighted by molar-refractivity contribution is 8.02. The number of thioether (sulfide) groups is 1. The van der Waals surface area contributed by atoms with Gasteiger partial charge in [0.25, 0.3) is 0 Å². The Labute approximate surface area is 243 Å².